The van der Waals surface area contributed by atoms with E-state index in [-0.39, 0.29) is 18.0 Å². The van der Waals surface area contributed by atoms with E-state index < -0.39 is 37.1 Å². The number of phenols is 1. The predicted molar refractivity (Wildman–Crippen MR) is 77.8 cm³/mol. The molecule has 1 rings (SSSR count). The maximum atomic E-state index is 11.4. The number of nitrogens with two attached hydrogens (primary N) is 1. The van der Waals surface area contributed by atoms with Crippen LogP contribution in [0.5, 0.6) is 5.75 Å². The molecule has 0 spiro atoms. The Morgan fingerprint density at radius 2 is 2.14 bits per heavy atom. The number of hydrogen-bond acceptors (Lipinski definition) is 7. The number of nitrogens with one attached hydrogen (secondary N) is 2. The molecule has 1 aromatic rings. The Morgan fingerprint density at radius 1 is 1.57 bits per heavy atom. The molecule has 0 atom stereocenters. The Morgan fingerprint density at radius 3 is 2.57 bits per heavy atom. The third kappa shape index (κ3) is 4.89. The highest BCUT2D eigenvalue weighted by molar-refractivity contribution is 7.90. The number of sulfone groups is 1. The number of aromatic hydroxyl groups is 1. The number of hydrogen-bond donors (Lipinski definition) is 4. The fourth-order valence-electron chi connectivity index (χ4n) is 1.29. The number of halogens is 1. The lowest BCUT2D eigenvalue weighted by Gasteiger charge is -2.04. The van der Waals surface area contributed by atoms with Crippen LogP contribution in [-0.4, -0.2) is 36.9 Å². The molecule has 0 saturated heterocycles. The van der Waals surface area contributed by atoms with E-state index in [1.807, 2.05) is 5.43 Å². The molecule has 0 saturated carbocycles. The van der Waals surface area contributed by atoms with Crippen LogP contribution in [0.3, 0.4) is 0 Å². The number of nitro groups is 1. The summed E-state index contributed by atoms with van der Waals surface area (Å²) in [6.07, 6.45) is 1.76. The third-order valence-corrected chi connectivity index (χ3v) is 3.22. The number of rotatable bonds is 4. The van der Waals surface area contributed by atoms with E-state index in [9.17, 15) is 23.6 Å². The van der Waals surface area contributed by atoms with Crippen molar-refractivity contribution in [3.05, 3.63) is 27.8 Å². The van der Waals surface area contributed by atoms with Gasteiger partial charge in [0.05, 0.1) is 11.1 Å². The lowest BCUT2D eigenvalue weighted by molar-refractivity contribution is -0.387. The van der Waals surface area contributed by atoms with Gasteiger partial charge in [0.1, 0.15) is 10.6 Å². The average Bonchev–Trinajstić information content (AvgIpc) is 2.28. The van der Waals surface area contributed by atoms with Crippen LogP contribution < -0.4 is 11.2 Å². The number of nitro benzene ring substituents is 1. The van der Waals surface area contributed by atoms with E-state index in [1.165, 1.54) is 0 Å². The van der Waals surface area contributed by atoms with E-state index in [0.29, 0.717) is 0 Å². The van der Waals surface area contributed by atoms with Crippen molar-refractivity contribution in [2.75, 3.05) is 6.26 Å². The first-order chi connectivity index (χ1) is 9.12. The van der Waals surface area contributed by atoms with Crippen LogP contribution >= 0.6 is 12.4 Å². The zero-order valence-electron chi connectivity index (χ0n) is 10.6. The minimum atomic E-state index is -3.87. The molecular formula is C9H12ClN5O5S. The van der Waals surface area contributed by atoms with Crippen LogP contribution in [0.15, 0.2) is 22.1 Å². The van der Waals surface area contributed by atoms with Crippen molar-refractivity contribution < 1.29 is 18.4 Å². The number of benzene rings is 1. The molecular weight excluding hydrogens is 326 g/mol. The highest BCUT2D eigenvalue weighted by Crippen LogP contribution is 2.30. The summed E-state index contributed by atoms with van der Waals surface area (Å²) < 4.78 is 22.8. The Labute approximate surface area is 125 Å². The van der Waals surface area contributed by atoms with E-state index in [2.05, 4.69) is 5.10 Å². The van der Waals surface area contributed by atoms with Crippen molar-refractivity contribution in [3.8, 4) is 5.75 Å². The summed E-state index contributed by atoms with van der Waals surface area (Å²) in [6, 6.07) is 1.62. The summed E-state index contributed by atoms with van der Waals surface area (Å²) in [5.41, 5.74) is 6.22. The number of phenolic OH excluding ortho intramolecular Hbond substituents is 1. The Hall–Kier alpha value is -2.40. The van der Waals surface area contributed by atoms with Gasteiger partial charge in [-0.05, 0) is 0 Å². The number of hydrazone groups is 1. The molecule has 0 aliphatic heterocycles. The molecule has 5 N–H and O–H groups in total. The number of guanidine groups is 1. The lowest BCUT2D eigenvalue weighted by atomic mass is 10.2. The molecule has 0 aromatic heterocycles. The first-order valence-electron chi connectivity index (χ1n) is 4.97. The molecule has 12 heteroatoms. The predicted octanol–water partition coefficient (Wildman–Crippen LogP) is -0.0573. The minimum Gasteiger partial charge on any atom is -0.507 e. The van der Waals surface area contributed by atoms with Gasteiger partial charge in [-0.3, -0.25) is 15.5 Å². The molecule has 0 radical (unpaired) electrons. The van der Waals surface area contributed by atoms with E-state index in [1.54, 1.807) is 0 Å². The van der Waals surface area contributed by atoms with Gasteiger partial charge in [-0.25, -0.2) is 13.8 Å². The van der Waals surface area contributed by atoms with Gasteiger partial charge in [0.15, 0.2) is 9.84 Å². The van der Waals surface area contributed by atoms with Gasteiger partial charge in [-0.15, -0.1) is 12.4 Å². The minimum absolute atomic E-state index is 0. The molecule has 0 fully saturated rings. The molecule has 10 nitrogen and oxygen atoms in total. The third-order valence-electron chi connectivity index (χ3n) is 2.09. The Balaban J connectivity index is 0.00000400. The fraction of sp³-hybridized carbons (Fsp3) is 0.111. The van der Waals surface area contributed by atoms with Crippen LogP contribution in [-0.2, 0) is 9.84 Å². The zero-order valence-corrected chi connectivity index (χ0v) is 12.2. The summed E-state index contributed by atoms with van der Waals surface area (Å²) in [7, 11) is -3.87. The van der Waals surface area contributed by atoms with Gasteiger partial charge >= 0.3 is 0 Å². The molecule has 0 amide bonds. The standard InChI is InChI=1S/C9H11N5O5S.ClH/c1-20(18,19)8-3-7(15)5(2-6(8)14(16)17)4-12-13-9(10)11;/h2-4,15H,1H3,(H4,10,11,13);1H. The van der Waals surface area contributed by atoms with Gasteiger partial charge < -0.3 is 10.8 Å². The Bertz CT molecular complexity index is 703. The van der Waals surface area contributed by atoms with Gasteiger partial charge in [-0.1, -0.05) is 0 Å². The van der Waals surface area contributed by atoms with Gasteiger partial charge in [0.25, 0.3) is 5.69 Å². The molecule has 0 aliphatic rings. The first-order valence-corrected chi connectivity index (χ1v) is 6.86. The summed E-state index contributed by atoms with van der Waals surface area (Å²) in [4.78, 5) is 9.38. The van der Waals surface area contributed by atoms with Crippen molar-refractivity contribution in [1.29, 1.82) is 5.41 Å². The Kier molecular flexibility index (Phi) is 6.07. The SMILES string of the molecule is CS(=O)(=O)c1cc(O)c(C=NNC(=N)N)cc1[N+](=O)[O-].Cl. The highest BCUT2D eigenvalue weighted by Gasteiger charge is 2.24. The second-order valence-electron chi connectivity index (χ2n) is 3.69. The lowest BCUT2D eigenvalue weighted by Crippen LogP contribution is -2.25. The normalized spacial score (nSPS) is 10.9. The topological polar surface area (TPSA) is 172 Å². The average molecular weight is 338 g/mol. The summed E-state index contributed by atoms with van der Waals surface area (Å²) in [5.74, 6) is -0.979. The van der Waals surface area contributed by atoms with Crippen molar-refractivity contribution in [1.82, 2.24) is 5.43 Å². The molecule has 0 unspecified atom stereocenters. The quantitative estimate of drug-likeness (QED) is 0.258. The van der Waals surface area contributed by atoms with Crippen LogP contribution in [0.2, 0.25) is 0 Å². The zero-order chi connectivity index (χ0) is 15.5. The molecule has 116 valence electrons. The van der Waals surface area contributed by atoms with E-state index >= 15 is 0 Å². The van der Waals surface area contributed by atoms with Crippen LogP contribution in [0.4, 0.5) is 5.69 Å². The molecule has 21 heavy (non-hydrogen) atoms. The van der Waals surface area contributed by atoms with Crippen molar-refractivity contribution >= 4 is 40.1 Å². The number of nitrogens with zero attached hydrogens (tertiary/aromatic N) is 2. The molecule has 1 aromatic carbocycles. The van der Waals surface area contributed by atoms with Crippen LogP contribution in [0, 0.1) is 15.5 Å². The van der Waals surface area contributed by atoms with E-state index in [0.717, 1.165) is 24.6 Å². The van der Waals surface area contributed by atoms with Gasteiger partial charge in [-0.2, -0.15) is 5.10 Å². The van der Waals surface area contributed by atoms with E-state index in [4.69, 9.17) is 11.1 Å². The molecule has 0 heterocycles. The second kappa shape index (κ2) is 6.85. The second-order valence-corrected chi connectivity index (χ2v) is 5.68. The molecule has 0 aliphatic carbocycles. The van der Waals surface area contributed by atoms with Gasteiger partial charge in [0.2, 0.25) is 5.96 Å². The maximum Gasteiger partial charge on any atom is 0.288 e. The summed E-state index contributed by atoms with van der Waals surface area (Å²) >= 11 is 0. The fourth-order valence-corrected chi connectivity index (χ4v) is 2.13. The van der Waals surface area contributed by atoms with Gasteiger partial charge in [0, 0.05) is 24.0 Å². The monoisotopic (exact) mass is 337 g/mol. The smallest absolute Gasteiger partial charge is 0.288 e. The summed E-state index contributed by atoms with van der Waals surface area (Å²) in [5, 5.41) is 30.8. The first kappa shape index (κ1) is 18.6. The van der Waals surface area contributed by atoms with Crippen LogP contribution in [0.25, 0.3) is 0 Å². The summed E-state index contributed by atoms with van der Waals surface area (Å²) in [6.45, 7) is 0. The van der Waals surface area contributed by atoms with Crippen molar-refractivity contribution in [2.24, 2.45) is 10.8 Å². The van der Waals surface area contributed by atoms with Crippen LogP contribution in [0.1, 0.15) is 5.56 Å². The highest BCUT2D eigenvalue weighted by atomic mass is 35.5. The largest absolute Gasteiger partial charge is 0.507 e. The maximum absolute atomic E-state index is 11.4. The van der Waals surface area contributed by atoms with Crippen molar-refractivity contribution in [2.45, 2.75) is 4.90 Å². The van der Waals surface area contributed by atoms with Crippen molar-refractivity contribution in [3.63, 3.8) is 0 Å². The molecule has 0 bridgehead atoms.